The highest BCUT2D eigenvalue weighted by atomic mass is 16.5. The lowest BCUT2D eigenvalue weighted by Crippen LogP contribution is -2.19. The van der Waals surface area contributed by atoms with Crippen molar-refractivity contribution in [3.05, 3.63) is 54.1 Å². The van der Waals surface area contributed by atoms with Crippen LogP contribution in [0.1, 0.15) is 5.56 Å². The number of ether oxygens (including phenoxy) is 1. The zero-order valence-electron chi connectivity index (χ0n) is 10.9. The summed E-state index contributed by atoms with van der Waals surface area (Å²) in [5.41, 5.74) is 2.48. The molecule has 2 N–H and O–H groups in total. The molecule has 0 aromatic heterocycles. The standard InChI is InChI=1S/C15H16N2O2/c1-11-6-5-7-12(10-11)16-15(18)17-13-8-3-4-9-14(13)19-2/h3-10H,1-2H3,(H2,16,17,18). The van der Waals surface area contributed by atoms with Gasteiger partial charge in [0.05, 0.1) is 12.8 Å². The van der Waals surface area contributed by atoms with E-state index in [4.69, 9.17) is 4.74 Å². The molecule has 2 aromatic rings. The van der Waals surface area contributed by atoms with Crippen molar-refractivity contribution in [1.29, 1.82) is 0 Å². The minimum atomic E-state index is -0.296. The molecule has 0 fully saturated rings. The second-order valence-corrected chi connectivity index (χ2v) is 4.15. The van der Waals surface area contributed by atoms with Crippen molar-refractivity contribution < 1.29 is 9.53 Å². The van der Waals surface area contributed by atoms with E-state index in [1.165, 1.54) is 0 Å². The second-order valence-electron chi connectivity index (χ2n) is 4.15. The van der Waals surface area contributed by atoms with Crippen LogP contribution in [0, 0.1) is 6.92 Å². The normalized spacial score (nSPS) is 9.79. The smallest absolute Gasteiger partial charge is 0.323 e. The molecule has 4 nitrogen and oxygen atoms in total. The Labute approximate surface area is 112 Å². The second kappa shape index (κ2) is 5.91. The van der Waals surface area contributed by atoms with Crippen molar-refractivity contribution in [2.75, 3.05) is 17.7 Å². The number of aryl methyl sites for hydroxylation is 1. The highest BCUT2D eigenvalue weighted by Crippen LogP contribution is 2.23. The Morgan fingerprint density at radius 1 is 1.05 bits per heavy atom. The summed E-state index contributed by atoms with van der Waals surface area (Å²) in [6.45, 7) is 1.98. The highest BCUT2D eigenvalue weighted by molar-refractivity contribution is 6.00. The third-order valence-electron chi connectivity index (χ3n) is 2.63. The Bertz CT molecular complexity index is 582. The number of methoxy groups -OCH3 is 1. The van der Waals surface area contributed by atoms with Crippen LogP contribution in [0.4, 0.5) is 16.2 Å². The van der Waals surface area contributed by atoms with E-state index in [0.29, 0.717) is 11.4 Å². The van der Waals surface area contributed by atoms with Crippen molar-refractivity contribution >= 4 is 17.4 Å². The molecule has 0 bridgehead atoms. The van der Waals surface area contributed by atoms with Crippen LogP contribution in [0.3, 0.4) is 0 Å². The van der Waals surface area contributed by atoms with Crippen LogP contribution in [0.25, 0.3) is 0 Å². The number of hydrogen-bond donors (Lipinski definition) is 2. The Balaban J connectivity index is 2.05. The molecule has 98 valence electrons. The summed E-state index contributed by atoms with van der Waals surface area (Å²) < 4.78 is 5.17. The largest absolute Gasteiger partial charge is 0.495 e. The first kappa shape index (κ1) is 13.0. The van der Waals surface area contributed by atoms with Gasteiger partial charge in [-0.15, -0.1) is 0 Å². The lowest BCUT2D eigenvalue weighted by Gasteiger charge is -2.11. The van der Waals surface area contributed by atoms with Crippen LogP contribution in [0.5, 0.6) is 5.75 Å². The maximum Gasteiger partial charge on any atom is 0.323 e. The van der Waals surface area contributed by atoms with Crippen molar-refractivity contribution in [1.82, 2.24) is 0 Å². The predicted octanol–water partition coefficient (Wildman–Crippen LogP) is 3.65. The number of carbonyl (C=O) groups is 1. The Kier molecular flexibility index (Phi) is 4.03. The van der Waals surface area contributed by atoms with Gasteiger partial charge in [-0.25, -0.2) is 4.79 Å². The van der Waals surface area contributed by atoms with Crippen LogP contribution in [0.2, 0.25) is 0 Å². The van der Waals surface area contributed by atoms with Crippen molar-refractivity contribution in [3.8, 4) is 5.75 Å². The average molecular weight is 256 g/mol. The summed E-state index contributed by atoms with van der Waals surface area (Å²) in [7, 11) is 1.57. The summed E-state index contributed by atoms with van der Waals surface area (Å²) in [5.74, 6) is 0.627. The fourth-order valence-electron chi connectivity index (χ4n) is 1.76. The van der Waals surface area contributed by atoms with Gasteiger partial charge in [-0.1, -0.05) is 24.3 Å². The highest BCUT2D eigenvalue weighted by Gasteiger charge is 2.06. The van der Waals surface area contributed by atoms with Gasteiger partial charge in [0.15, 0.2) is 0 Å². The maximum atomic E-state index is 11.9. The Hall–Kier alpha value is -2.49. The molecule has 0 aliphatic carbocycles. The lowest BCUT2D eigenvalue weighted by molar-refractivity contribution is 0.262. The van der Waals surface area contributed by atoms with Crippen LogP contribution < -0.4 is 15.4 Å². The van der Waals surface area contributed by atoms with Crippen LogP contribution in [0.15, 0.2) is 48.5 Å². The van der Waals surface area contributed by atoms with E-state index in [1.54, 1.807) is 19.2 Å². The first-order valence-electron chi connectivity index (χ1n) is 5.97. The first-order chi connectivity index (χ1) is 9.19. The summed E-state index contributed by atoms with van der Waals surface area (Å²) in [4.78, 5) is 11.9. The monoisotopic (exact) mass is 256 g/mol. The van der Waals surface area contributed by atoms with E-state index in [0.717, 1.165) is 11.3 Å². The summed E-state index contributed by atoms with van der Waals surface area (Å²) >= 11 is 0. The molecule has 0 aliphatic heterocycles. The van der Waals surface area contributed by atoms with Gasteiger partial charge in [0.1, 0.15) is 5.75 Å². The number of hydrogen-bond acceptors (Lipinski definition) is 2. The summed E-state index contributed by atoms with van der Waals surface area (Å²) in [6.07, 6.45) is 0. The third-order valence-corrected chi connectivity index (χ3v) is 2.63. The van der Waals surface area contributed by atoms with Crippen molar-refractivity contribution in [2.45, 2.75) is 6.92 Å². The van der Waals surface area contributed by atoms with Gasteiger partial charge in [-0.3, -0.25) is 0 Å². The van der Waals surface area contributed by atoms with E-state index in [9.17, 15) is 4.79 Å². The predicted molar refractivity (Wildman–Crippen MR) is 76.8 cm³/mol. The van der Waals surface area contributed by atoms with Crippen LogP contribution >= 0.6 is 0 Å². The van der Waals surface area contributed by atoms with Gasteiger partial charge in [0.2, 0.25) is 0 Å². The molecule has 0 heterocycles. The number of anilines is 2. The SMILES string of the molecule is COc1ccccc1NC(=O)Nc1cccc(C)c1. The van der Waals surface area contributed by atoms with E-state index >= 15 is 0 Å². The van der Waals surface area contributed by atoms with Crippen molar-refractivity contribution in [2.24, 2.45) is 0 Å². The maximum absolute atomic E-state index is 11.9. The Morgan fingerprint density at radius 3 is 2.58 bits per heavy atom. The molecule has 0 radical (unpaired) electrons. The number of carbonyl (C=O) groups excluding carboxylic acids is 1. The number of rotatable bonds is 3. The number of urea groups is 1. The van der Waals surface area contributed by atoms with Gasteiger partial charge < -0.3 is 15.4 Å². The fourth-order valence-corrected chi connectivity index (χ4v) is 1.76. The molecule has 2 amide bonds. The number of amides is 2. The third kappa shape index (κ3) is 3.48. The molecule has 0 saturated carbocycles. The number of benzene rings is 2. The summed E-state index contributed by atoms with van der Waals surface area (Å²) in [6, 6.07) is 14.6. The van der Waals surface area contributed by atoms with Gasteiger partial charge >= 0.3 is 6.03 Å². The zero-order valence-corrected chi connectivity index (χ0v) is 10.9. The first-order valence-corrected chi connectivity index (χ1v) is 5.97. The molecule has 19 heavy (non-hydrogen) atoms. The molecule has 2 rings (SSSR count). The van der Waals surface area contributed by atoms with E-state index < -0.39 is 0 Å². The van der Waals surface area contributed by atoms with Crippen molar-refractivity contribution in [3.63, 3.8) is 0 Å². The van der Waals surface area contributed by atoms with Gasteiger partial charge in [0.25, 0.3) is 0 Å². The van der Waals surface area contributed by atoms with Crippen LogP contribution in [-0.4, -0.2) is 13.1 Å². The molecular weight excluding hydrogens is 240 g/mol. The number of para-hydroxylation sites is 2. The molecule has 0 saturated heterocycles. The fraction of sp³-hybridized carbons (Fsp3) is 0.133. The quantitative estimate of drug-likeness (QED) is 0.880. The van der Waals surface area contributed by atoms with E-state index in [1.807, 2.05) is 43.3 Å². The number of nitrogens with one attached hydrogen (secondary N) is 2. The van der Waals surface area contributed by atoms with Gasteiger partial charge in [-0.2, -0.15) is 0 Å². The van der Waals surface area contributed by atoms with Gasteiger partial charge in [0, 0.05) is 5.69 Å². The van der Waals surface area contributed by atoms with E-state index in [-0.39, 0.29) is 6.03 Å². The van der Waals surface area contributed by atoms with E-state index in [2.05, 4.69) is 10.6 Å². The molecule has 2 aromatic carbocycles. The minimum absolute atomic E-state index is 0.296. The molecule has 0 spiro atoms. The zero-order chi connectivity index (χ0) is 13.7. The molecular formula is C15H16N2O2. The topological polar surface area (TPSA) is 50.4 Å². The molecule has 4 heteroatoms. The molecule has 0 aliphatic rings. The molecule has 0 unspecified atom stereocenters. The lowest BCUT2D eigenvalue weighted by atomic mass is 10.2. The summed E-state index contributed by atoms with van der Waals surface area (Å²) in [5, 5.41) is 5.53. The minimum Gasteiger partial charge on any atom is -0.495 e. The van der Waals surface area contributed by atoms with Crippen LogP contribution in [-0.2, 0) is 0 Å². The molecule has 0 atom stereocenters. The Morgan fingerprint density at radius 2 is 1.84 bits per heavy atom. The average Bonchev–Trinajstić information content (AvgIpc) is 2.39. The van der Waals surface area contributed by atoms with Gasteiger partial charge in [-0.05, 0) is 36.8 Å².